The van der Waals surface area contributed by atoms with Crippen LogP contribution in [0, 0.1) is 0 Å². The molecule has 4 aromatic rings. The molecule has 3 aromatic carbocycles. The number of sulfonamides is 1. The molecular weight excluding hydrogens is 529 g/mol. The van der Waals surface area contributed by atoms with Crippen molar-refractivity contribution in [3.8, 4) is 5.69 Å². The topological polar surface area (TPSA) is 120 Å². The van der Waals surface area contributed by atoms with Crippen molar-refractivity contribution in [2.24, 2.45) is 5.14 Å². The summed E-state index contributed by atoms with van der Waals surface area (Å²) in [7, 11) is -3.90. The van der Waals surface area contributed by atoms with Crippen LogP contribution in [0.1, 0.15) is 24.3 Å². The molecular formula is C23H19Cl2N5O3S2. The highest BCUT2D eigenvalue weighted by molar-refractivity contribution is 7.99. The molecule has 0 bridgehead atoms. The van der Waals surface area contributed by atoms with Crippen LogP contribution in [-0.2, 0) is 14.8 Å². The third kappa shape index (κ3) is 5.03. The Morgan fingerprint density at radius 2 is 1.83 bits per heavy atom. The first-order valence-electron chi connectivity index (χ1n) is 10.6. The predicted octanol–water partition coefficient (Wildman–Crippen LogP) is 4.98. The second-order valence-electron chi connectivity index (χ2n) is 8.10. The fourth-order valence-corrected chi connectivity index (χ4v) is 5.73. The first-order chi connectivity index (χ1) is 16.7. The molecule has 0 atom stereocenters. The zero-order valence-electron chi connectivity index (χ0n) is 18.1. The van der Waals surface area contributed by atoms with Crippen molar-refractivity contribution in [3.05, 3.63) is 70.5 Å². The Labute approximate surface area is 215 Å². The van der Waals surface area contributed by atoms with Gasteiger partial charge in [0.1, 0.15) is 0 Å². The number of nitrogens with zero attached hydrogens (tertiary/aromatic N) is 3. The molecule has 0 aliphatic heterocycles. The number of anilines is 1. The highest BCUT2D eigenvalue weighted by atomic mass is 35.5. The minimum atomic E-state index is -3.90. The second-order valence-corrected chi connectivity index (χ2v) is 11.4. The maximum absolute atomic E-state index is 12.6. The highest BCUT2D eigenvalue weighted by Gasteiger charge is 2.26. The molecule has 0 saturated heterocycles. The second kappa shape index (κ2) is 9.44. The first kappa shape index (κ1) is 24.1. The predicted molar refractivity (Wildman–Crippen MR) is 138 cm³/mol. The molecule has 5 rings (SSSR count). The molecule has 35 heavy (non-hydrogen) atoms. The molecule has 0 spiro atoms. The van der Waals surface area contributed by atoms with Gasteiger partial charge in [-0.1, -0.05) is 53.7 Å². The summed E-state index contributed by atoms with van der Waals surface area (Å²) in [5.74, 6) is 0.231. The van der Waals surface area contributed by atoms with Crippen LogP contribution in [0.4, 0.5) is 5.69 Å². The maximum atomic E-state index is 12.6. The lowest BCUT2D eigenvalue weighted by molar-refractivity contribution is -0.113. The summed E-state index contributed by atoms with van der Waals surface area (Å²) in [5, 5.41) is 18.9. The van der Waals surface area contributed by atoms with E-state index in [1.807, 2.05) is 24.3 Å². The van der Waals surface area contributed by atoms with Gasteiger partial charge < -0.3 is 5.32 Å². The lowest BCUT2D eigenvalue weighted by Gasteiger charge is -2.14. The van der Waals surface area contributed by atoms with Gasteiger partial charge in [0.05, 0.1) is 27.0 Å². The molecule has 12 heteroatoms. The summed E-state index contributed by atoms with van der Waals surface area (Å²) in [4.78, 5) is 12.4. The van der Waals surface area contributed by atoms with Crippen LogP contribution in [-0.4, -0.2) is 34.8 Å². The molecule has 1 amide bonds. The normalized spacial score (nSPS) is 13.8. The number of primary sulfonamides is 1. The number of thioether (sulfide) groups is 1. The van der Waals surface area contributed by atoms with Gasteiger partial charge in [0, 0.05) is 5.39 Å². The van der Waals surface area contributed by atoms with Crippen molar-refractivity contribution in [1.29, 1.82) is 0 Å². The number of rotatable bonds is 7. The van der Waals surface area contributed by atoms with Crippen molar-refractivity contribution in [3.63, 3.8) is 0 Å². The Balaban J connectivity index is 1.37. The summed E-state index contributed by atoms with van der Waals surface area (Å²) in [6, 6.07) is 16.1. The number of carbonyl (C=O) groups is 1. The number of hydrogen-bond donors (Lipinski definition) is 2. The smallest absolute Gasteiger partial charge is 0.238 e. The molecule has 1 aromatic heterocycles. The van der Waals surface area contributed by atoms with Crippen LogP contribution in [0.25, 0.3) is 16.5 Å². The Bertz CT molecular complexity index is 1570. The van der Waals surface area contributed by atoms with E-state index in [0.29, 0.717) is 11.1 Å². The van der Waals surface area contributed by atoms with Gasteiger partial charge in [0.25, 0.3) is 0 Å². The average Bonchev–Trinajstić information content (AvgIpc) is 3.60. The van der Waals surface area contributed by atoms with Crippen LogP contribution in [0.15, 0.2) is 64.6 Å². The van der Waals surface area contributed by atoms with Crippen molar-refractivity contribution in [2.75, 3.05) is 11.1 Å². The number of fused-ring (bicyclic) bond motifs is 1. The van der Waals surface area contributed by atoms with Gasteiger partial charge in [-0.15, -0.1) is 10.2 Å². The number of nitrogens with one attached hydrogen (secondary N) is 1. The Morgan fingerprint density at radius 3 is 2.51 bits per heavy atom. The lowest BCUT2D eigenvalue weighted by Crippen LogP contribution is -2.16. The van der Waals surface area contributed by atoms with Gasteiger partial charge in [-0.2, -0.15) is 0 Å². The number of hydrogen-bond acceptors (Lipinski definition) is 6. The summed E-state index contributed by atoms with van der Waals surface area (Å²) >= 11 is 13.7. The summed E-state index contributed by atoms with van der Waals surface area (Å²) in [5.41, 5.74) is 2.43. The highest BCUT2D eigenvalue weighted by Crippen LogP contribution is 2.44. The van der Waals surface area contributed by atoms with E-state index >= 15 is 0 Å². The lowest BCUT2D eigenvalue weighted by atomic mass is 9.99. The van der Waals surface area contributed by atoms with Crippen LogP contribution in [0.2, 0.25) is 10.3 Å². The molecule has 0 unspecified atom stereocenters. The Morgan fingerprint density at radius 1 is 1.09 bits per heavy atom. The quantitative estimate of drug-likeness (QED) is 0.314. The SMILES string of the molecule is NS(=O)(=O)c1ccc(NC(=O)CSc2nnc(Cl)n2-c2ccc(C3CC3)c3ccccc23)c(Cl)c1. The summed E-state index contributed by atoms with van der Waals surface area (Å²) < 4.78 is 24.7. The number of aromatic nitrogens is 3. The average molecular weight is 548 g/mol. The van der Waals surface area contributed by atoms with Crippen molar-refractivity contribution in [2.45, 2.75) is 28.8 Å². The molecule has 180 valence electrons. The standard InChI is InChI=1S/C23H19Cl2N5O3S2/c24-18-11-14(35(26,32)33)7-9-19(18)27-21(31)12-34-23-29-28-22(25)30(23)20-10-8-15(13-5-6-13)16-3-1-2-4-17(16)20/h1-4,7-11,13H,5-6,12H2,(H,27,31)(H2,26,32,33). The monoisotopic (exact) mass is 547 g/mol. The Hall–Kier alpha value is -2.63. The van der Waals surface area contributed by atoms with Gasteiger partial charge in [-0.3, -0.25) is 9.36 Å². The van der Waals surface area contributed by atoms with E-state index in [1.165, 1.54) is 53.8 Å². The maximum Gasteiger partial charge on any atom is 0.238 e. The van der Waals surface area contributed by atoms with E-state index in [2.05, 4.69) is 27.6 Å². The summed E-state index contributed by atoms with van der Waals surface area (Å²) in [6.45, 7) is 0. The minimum absolute atomic E-state index is 0.000377. The van der Waals surface area contributed by atoms with E-state index in [0.717, 1.165) is 11.1 Å². The van der Waals surface area contributed by atoms with Crippen molar-refractivity contribution >= 4 is 67.4 Å². The number of benzene rings is 3. The minimum Gasteiger partial charge on any atom is -0.324 e. The van der Waals surface area contributed by atoms with Crippen LogP contribution < -0.4 is 10.5 Å². The molecule has 1 aliphatic rings. The van der Waals surface area contributed by atoms with E-state index in [9.17, 15) is 13.2 Å². The van der Waals surface area contributed by atoms with Gasteiger partial charge >= 0.3 is 0 Å². The van der Waals surface area contributed by atoms with Gasteiger partial charge in [0.2, 0.25) is 21.2 Å². The van der Waals surface area contributed by atoms with Crippen LogP contribution in [0.3, 0.4) is 0 Å². The molecule has 1 fully saturated rings. The molecule has 8 nitrogen and oxygen atoms in total. The first-order valence-corrected chi connectivity index (χ1v) is 13.9. The molecule has 1 heterocycles. The number of nitrogens with two attached hydrogens (primary N) is 1. The largest absolute Gasteiger partial charge is 0.324 e. The van der Waals surface area contributed by atoms with Crippen LogP contribution >= 0.6 is 35.0 Å². The van der Waals surface area contributed by atoms with E-state index in [-0.39, 0.29) is 32.5 Å². The van der Waals surface area contributed by atoms with Gasteiger partial charge in [-0.25, -0.2) is 13.6 Å². The molecule has 0 radical (unpaired) electrons. The Kier molecular flexibility index (Phi) is 6.49. The fourth-order valence-electron chi connectivity index (χ4n) is 3.89. The third-order valence-corrected chi connectivity index (χ3v) is 8.06. The van der Waals surface area contributed by atoms with Gasteiger partial charge in [0.15, 0.2) is 5.16 Å². The molecule has 1 saturated carbocycles. The molecule has 1 aliphatic carbocycles. The van der Waals surface area contributed by atoms with E-state index < -0.39 is 10.0 Å². The van der Waals surface area contributed by atoms with Crippen molar-refractivity contribution in [1.82, 2.24) is 14.8 Å². The zero-order chi connectivity index (χ0) is 24.7. The fraction of sp³-hybridized carbons (Fsp3) is 0.174. The summed E-state index contributed by atoms with van der Waals surface area (Å²) in [6.07, 6.45) is 2.39. The number of amides is 1. The number of carbonyl (C=O) groups excluding carboxylic acids is 1. The van der Waals surface area contributed by atoms with Crippen LogP contribution in [0.5, 0.6) is 0 Å². The van der Waals surface area contributed by atoms with Gasteiger partial charge in [-0.05, 0) is 65.6 Å². The van der Waals surface area contributed by atoms with E-state index in [4.69, 9.17) is 28.3 Å². The molecule has 3 N–H and O–H groups in total. The zero-order valence-corrected chi connectivity index (χ0v) is 21.3. The van der Waals surface area contributed by atoms with Crippen molar-refractivity contribution < 1.29 is 13.2 Å². The third-order valence-electron chi connectivity index (χ3n) is 5.66. The van der Waals surface area contributed by atoms with E-state index in [1.54, 1.807) is 4.57 Å². The number of halogens is 2.